The van der Waals surface area contributed by atoms with E-state index in [1.807, 2.05) is 62.4 Å². The van der Waals surface area contributed by atoms with Crippen LogP contribution in [0.3, 0.4) is 0 Å². The lowest BCUT2D eigenvalue weighted by molar-refractivity contribution is -0.144. The first-order valence-corrected chi connectivity index (χ1v) is 10.1. The van der Waals surface area contributed by atoms with E-state index in [1.54, 1.807) is 6.26 Å². The Labute approximate surface area is 177 Å². The maximum atomic E-state index is 12.6. The normalized spacial score (nSPS) is 11.4. The average Bonchev–Trinajstić information content (AvgIpc) is 3.16. The van der Waals surface area contributed by atoms with Crippen LogP contribution < -0.4 is 5.63 Å². The van der Waals surface area contributed by atoms with Crippen LogP contribution in [0.4, 0.5) is 0 Å². The predicted octanol–water partition coefficient (Wildman–Crippen LogP) is 5.60. The van der Waals surface area contributed by atoms with Crippen molar-refractivity contribution in [3.63, 3.8) is 0 Å². The molecule has 5 nitrogen and oxygen atoms in total. The molecule has 0 amide bonds. The summed E-state index contributed by atoms with van der Waals surface area (Å²) in [6.45, 7) is 3.95. The van der Waals surface area contributed by atoms with Gasteiger partial charge in [-0.1, -0.05) is 30.3 Å². The second kappa shape index (κ2) is 7.43. The topological polar surface area (TPSA) is 69.7 Å². The van der Waals surface area contributed by atoms with E-state index < -0.39 is 5.63 Å². The van der Waals surface area contributed by atoms with E-state index in [0.29, 0.717) is 11.1 Å². The summed E-state index contributed by atoms with van der Waals surface area (Å²) < 4.78 is 16.5. The second-order valence-corrected chi connectivity index (χ2v) is 7.78. The Bertz CT molecular complexity index is 1520. The molecule has 0 unspecified atom stereocenters. The first-order chi connectivity index (χ1) is 15.0. The molecule has 0 N–H and O–H groups in total. The van der Waals surface area contributed by atoms with E-state index in [2.05, 4.69) is 0 Å². The highest BCUT2D eigenvalue weighted by atomic mass is 16.5. The number of hydrogen-bond acceptors (Lipinski definition) is 5. The van der Waals surface area contributed by atoms with Gasteiger partial charge in [0, 0.05) is 28.0 Å². The standard InChI is InChI=1S/C26H20O5/c1-15-9-21-18(11-25(28)31-23(21)10-16(15)2)13-30-24(27)12-19-14-29-22-8-7-17-5-3-4-6-20(17)26(19)22/h3-11,14H,12-13H2,1-2H3. The highest BCUT2D eigenvalue weighted by Gasteiger charge is 2.15. The molecule has 0 saturated carbocycles. The van der Waals surface area contributed by atoms with Crippen LogP contribution >= 0.6 is 0 Å². The maximum Gasteiger partial charge on any atom is 0.336 e. The fourth-order valence-electron chi connectivity index (χ4n) is 3.97. The van der Waals surface area contributed by atoms with Crippen LogP contribution in [0.5, 0.6) is 0 Å². The number of fused-ring (bicyclic) bond motifs is 4. The van der Waals surface area contributed by atoms with E-state index in [1.165, 1.54) is 6.07 Å². The monoisotopic (exact) mass is 412 g/mol. The summed E-state index contributed by atoms with van der Waals surface area (Å²) in [6, 6.07) is 17.1. The number of benzene rings is 3. The zero-order valence-electron chi connectivity index (χ0n) is 17.2. The van der Waals surface area contributed by atoms with E-state index in [4.69, 9.17) is 13.6 Å². The molecular weight excluding hydrogens is 392 g/mol. The van der Waals surface area contributed by atoms with E-state index in [0.717, 1.165) is 43.8 Å². The smallest absolute Gasteiger partial charge is 0.336 e. The SMILES string of the molecule is Cc1cc2oc(=O)cc(COC(=O)Cc3coc4ccc5ccccc5c34)c2cc1C. The van der Waals surface area contributed by atoms with Crippen molar-refractivity contribution in [1.29, 1.82) is 0 Å². The number of hydrogen-bond donors (Lipinski definition) is 0. The molecule has 154 valence electrons. The molecule has 0 aliphatic carbocycles. The Kier molecular flexibility index (Phi) is 4.59. The molecule has 0 aliphatic heterocycles. The van der Waals surface area contributed by atoms with Crippen LogP contribution in [0, 0.1) is 13.8 Å². The molecular formula is C26H20O5. The van der Waals surface area contributed by atoms with Crippen molar-refractivity contribution in [3.8, 4) is 0 Å². The third-order valence-corrected chi connectivity index (χ3v) is 5.71. The van der Waals surface area contributed by atoms with Gasteiger partial charge in [-0.2, -0.15) is 0 Å². The molecule has 2 heterocycles. The van der Waals surface area contributed by atoms with Gasteiger partial charge in [0.15, 0.2) is 0 Å². The second-order valence-electron chi connectivity index (χ2n) is 7.78. The molecule has 5 rings (SSSR count). The van der Waals surface area contributed by atoms with Gasteiger partial charge >= 0.3 is 11.6 Å². The summed E-state index contributed by atoms with van der Waals surface area (Å²) in [5, 5.41) is 3.82. The number of ether oxygens (including phenoxy) is 1. The van der Waals surface area contributed by atoms with E-state index in [-0.39, 0.29) is 19.0 Å². The number of esters is 1. The molecule has 0 bridgehead atoms. The van der Waals surface area contributed by atoms with Crippen LogP contribution in [-0.2, 0) is 22.6 Å². The van der Waals surface area contributed by atoms with Crippen LogP contribution in [0.1, 0.15) is 22.3 Å². The van der Waals surface area contributed by atoms with Gasteiger partial charge in [0.05, 0.1) is 12.7 Å². The van der Waals surface area contributed by atoms with Crippen molar-refractivity contribution in [2.75, 3.05) is 0 Å². The van der Waals surface area contributed by atoms with Crippen LogP contribution in [0.15, 0.2) is 74.5 Å². The largest absolute Gasteiger partial charge is 0.464 e. The molecule has 0 radical (unpaired) electrons. The van der Waals surface area contributed by atoms with Crippen LogP contribution in [0.25, 0.3) is 32.7 Å². The van der Waals surface area contributed by atoms with Crippen LogP contribution in [0.2, 0.25) is 0 Å². The predicted molar refractivity (Wildman–Crippen MR) is 119 cm³/mol. The fourth-order valence-corrected chi connectivity index (χ4v) is 3.97. The number of carbonyl (C=O) groups is 1. The van der Waals surface area contributed by atoms with Crippen molar-refractivity contribution in [2.45, 2.75) is 26.9 Å². The van der Waals surface area contributed by atoms with Crippen molar-refractivity contribution in [3.05, 3.63) is 93.5 Å². The molecule has 5 aromatic rings. The van der Waals surface area contributed by atoms with Gasteiger partial charge in [0.2, 0.25) is 0 Å². The third-order valence-electron chi connectivity index (χ3n) is 5.71. The Morgan fingerprint density at radius 3 is 2.58 bits per heavy atom. The Morgan fingerprint density at radius 1 is 0.903 bits per heavy atom. The van der Waals surface area contributed by atoms with Gasteiger partial charge in [-0.25, -0.2) is 4.79 Å². The molecule has 5 heteroatoms. The summed E-state index contributed by atoms with van der Waals surface area (Å²) in [7, 11) is 0. The zero-order chi connectivity index (χ0) is 21.5. The first-order valence-electron chi connectivity index (χ1n) is 10.1. The molecule has 31 heavy (non-hydrogen) atoms. The van der Waals surface area contributed by atoms with Gasteiger partial charge < -0.3 is 13.6 Å². The van der Waals surface area contributed by atoms with E-state index in [9.17, 15) is 9.59 Å². The zero-order valence-corrected chi connectivity index (χ0v) is 17.2. The maximum absolute atomic E-state index is 12.6. The summed E-state index contributed by atoms with van der Waals surface area (Å²) >= 11 is 0. The highest BCUT2D eigenvalue weighted by molar-refractivity contribution is 6.08. The lowest BCUT2D eigenvalue weighted by Gasteiger charge is -2.09. The third kappa shape index (κ3) is 3.48. The van der Waals surface area contributed by atoms with Crippen molar-refractivity contribution in [1.82, 2.24) is 0 Å². The average molecular weight is 412 g/mol. The van der Waals surface area contributed by atoms with Gasteiger partial charge in [-0.05, 0) is 53.9 Å². The molecule has 0 aliphatic rings. The lowest BCUT2D eigenvalue weighted by atomic mass is 10.0. The molecule has 0 spiro atoms. The van der Waals surface area contributed by atoms with Crippen molar-refractivity contribution < 1.29 is 18.4 Å². The van der Waals surface area contributed by atoms with Crippen molar-refractivity contribution in [2.24, 2.45) is 0 Å². The van der Waals surface area contributed by atoms with Crippen molar-refractivity contribution >= 4 is 38.7 Å². The quantitative estimate of drug-likeness (QED) is 0.284. The summed E-state index contributed by atoms with van der Waals surface area (Å²) in [4.78, 5) is 24.6. The summed E-state index contributed by atoms with van der Waals surface area (Å²) in [5.41, 5.74) is 4.28. The Balaban J connectivity index is 1.42. The van der Waals surface area contributed by atoms with Crippen LogP contribution in [-0.4, -0.2) is 5.97 Å². The molecule has 3 aromatic carbocycles. The van der Waals surface area contributed by atoms with Gasteiger partial charge in [-0.3, -0.25) is 4.79 Å². The highest BCUT2D eigenvalue weighted by Crippen LogP contribution is 2.30. The summed E-state index contributed by atoms with van der Waals surface area (Å²) in [6.07, 6.45) is 1.69. The van der Waals surface area contributed by atoms with E-state index >= 15 is 0 Å². The van der Waals surface area contributed by atoms with Gasteiger partial charge in [-0.15, -0.1) is 0 Å². The van der Waals surface area contributed by atoms with Gasteiger partial charge in [0.1, 0.15) is 17.8 Å². The van der Waals surface area contributed by atoms with Gasteiger partial charge in [0.25, 0.3) is 0 Å². The molecule has 2 aromatic heterocycles. The Hall–Kier alpha value is -3.86. The number of furan rings is 1. The molecule has 0 atom stereocenters. The lowest BCUT2D eigenvalue weighted by Crippen LogP contribution is -2.10. The Morgan fingerprint density at radius 2 is 1.71 bits per heavy atom. The fraction of sp³-hybridized carbons (Fsp3) is 0.154. The number of carbonyl (C=O) groups excluding carboxylic acids is 1. The first kappa shape index (κ1) is 19.1. The minimum atomic E-state index is -0.464. The number of rotatable bonds is 4. The molecule has 0 fully saturated rings. The minimum Gasteiger partial charge on any atom is -0.464 e. The number of aryl methyl sites for hydroxylation is 2. The molecule has 0 saturated heterocycles. The summed E-state index contributed by atoms with van der Waals surface area (Å²) in [5.74, 6) is -0.388. The minimum absolute atomic E-state index is 0.0000338.